The van der Waals surface area contributed by atoms with Crippen molar-refractivity contribution < 1.29 is 14.3 Å². The van der Waals surface area contributed by atoms with Crippen LogP contribution >= 0.6 is 0 Å². The minimum absolute atomic E-state index is 0.185. The van der Waals surface area contributed by atoms with Crippen LogP contribution in [-0.4, -0.2) is 19.7 Å². The molecule has 1 atom stereocenters. The average molecular weight is 250 g/mol. The first-order valence-electron chi connectivity index (χ1n) is 6.54. The maximum atomic E-state index is 11.9. The van der Waals surface area contributed by atoms with E-state index in [-0.39, 0.29) is 11.9 Å². The van der Waals surface area contributed by atoms with Crippen molar-refractivity contribution in [2.75, 3.05) is 13.7 Å². The van der Waals surface area contributed by atoms with Gasteiger partial charge < -0.3 is 9.47 Å². The molecule has 0 heterocycles. The van der Waals surface area contributed by atoms with E-state index in [1.807, 2.05) is 31.2 Å². The maximum absolute atomic E-state index is 11.9. The van der Waals surface area contributed by atoms with Gasteiger partial charge in [0.05, 0.1) is 19.6 Å². The van der Waals surface area contributed by atoms with Crippen molar-refractivity contribution in [3.8, 4) is 5.75 Å². The average Bonchev–Trinajstić information content (AvgIpc) is 2.40. The third-order valence-corrected chi connectivity index (χ3v) is 2.93. The smallest absolute Gasteiger partial charge is 0.313 e. The molecule has 0 amide bonds. The quantitative estimate of drug-likeness (QED) is 0.694. The van der Waals surface area contributed by atoms with Crippen molar-refractivity contribution in [1.29, 1.82) is 0 Å². The molecule has 3 heteroatoms. The number of hydrogen-bond acceptors (Lipinski definition) is 3. The largest absolute Gasteiger partial charge is 0.494 e. The van der Waals surface area contributed by atoms with Crippen LogP contribution in [0.5, 0.6) is 5.75 Å². The fraction of sp³-hybridized carbons (Fsp3) is 0.533. The fourth-order valence-electron chi connectivity index (χ4n) is 2.01. The van der Waals surface area contributed by atoms with Crippen molar-refractivity contribution >= 4 is 5.97 Å². The molecule has 1 aromatic rings. The predicted octanol–water partition coefficient (Wildman–Crippen LogP) is 3.53. The van der Waals surface area contributed by atoms with Crippen molar-refractivity contribution in [2.45, 2.75) is 39.0 Å². The summed E-state index contributed by atoms with van der Waals surface area (Å²) in [5.74, 6) is 0.375. The van der Waals surface area contributed by atoms with E-state index in [9.17, 15) is 4.79 Å². The molecule has 100 valence electrons. The molecule has 1 unspecified atom stereocenters. The third kappa shape index (κ3) is 3.76. The van der Waals surface area contributed by atoms with Gasteiger partial charge in [0.2, 0.25) is 0 Å². The van der Waals surface area contributed by atoms with Crippen LogP contribution in [0.1, 0.15) is 44.6 Å². The first-order chi connectivity index (χ1) is 8.74. The summed E-state index contributed by atoms with van der Waals surface area (Å²) in [4.78, 5) is 11.9. The zero-order chi connectivity index (χ0) is 13.4. The molecule has 0 saturated heterocycles. The molecule has 0 aliphatic rings. The van der Waals surface area contributed by atoms with Crippen LogP contribution < -0.4 is 4.74 Å². The second-order valence-corrected chi connectivity index (χ2v) is 4.19. The Kier molecular flexibility index (Phi) is 6.26. The number of rotatable bonds is 7. The Morgan fingerprint density at radius 1 is 1.28 bits per heavy atom. The van der Waals surface area contributed by atoms with Crippen LogP contribution in [0.2, 0.25) is 0 Å². The summed E-state index contributed by atoms with van der Waals surface area (Å²) in [6, 6.07) is 7.70. The monoisotopic (exact) mass is 250 g/mol. The number of carbonyl (C=O) groups is 1. The molecular weight excluding hydrogens is 228 g/mol. The zero-order valence-corrected chi connectivity index (χ0v) is 11.4. The Morgan fingerprint density at radius 2 is 2.00 bits per heavy atom. The highest BCUT2D eigenvalue weighted by molar-refractivity contribution is 5.79. The SMILES string of the molecule is CCCCC(C(=O)OC)c1ccccc1OCC. The molecule has 0 aromatic heterocycles. The molecule has 0 aliphatic heterocycles. The summed E-state index contributed by atoms with van der Waals surface area (Å²) in [7, 11) is 1.44. The van der Waals surface area contributed by atoms with Crippen LogP contribution in [-0.2, 0) is 9.53 Å². The summed E-state index contributed by atoms with van der Waals surface area (Å²) >= 11 is 0. The topological polar surface area (TPSA) is 35.5 Å². The van der Waals surface area contributed by atoms with E-state index < -0.39 is 0 Å². The molecule has 0 N–H and O–H groups in total. The predicted molar refractivity (Wildman–Crippen MR) is 71.9 cm³/mol. The molecule has 0 fully saturated rings. The second kappa shape index (κ2) is 7.75. The van der Waals surface area contributed by atoms with E-state index in [1.54, 1.807) is 0 Å². The molecule has 1 rings (SSSR count). The van der Waals surface area contributed by atoms with Gasteiger partial charge in [-0.15, -0.1) is 0 Å². The van der Waals surface area contributed by atoms with Gasteiger partial charge in [0.1, 0.15) is 5.75 Å². The Hall–Kier alpha value is -1.51. The molecule has 0 saturated carbocycles. The molecule has 1 aromatic carbocycles. The van der Waals surface area contributed by atoms with Gasteiger partial charge >= 0.3 is 5.97 Å². The normalized spacial score (nSPS) is 11.9. The Balaban J connectivity index is 2.99. The summed E-state index contributed by atoms with van der Waals surface area (Å²) < 4.78 is 10.5. The Labute approximate surface area is 109 Å². The van der Waals surface area contributed by atoms with Gasteiger partial charge in [0.15, 0.2) is 0 Å². The highest BCUT2D eigenvalue weighted by Crippen LogP contribution is 2.31. The first kappa shape index (κ1) is 14.6. The van der Waals surface area contributed by atoms with Crippen LogP contribution in [0, 0.1) is 0 Å². The second-order valence-electron chi connectivity index (χ2n) is 4.19. The molecule has 0 aliphatic carbocycles. The Bertz CT molecular complexity index is 374. The summed E-state index contributed by atoms with van der Waals surface area (Å²) in [6.07, 6.45) is 2.86. The van der Waals surface area contributed by atoms with E-state index >= 15 is 0 Å². The molecule has 0 bridgehead atoms. The molecular formula is C15H22O3. The number of carbonyl (C=O) groups excluding carboxylic acids is 1. The van der Waals surface area contributed by atoms with Crippen molar-refractivity contribution in [3.63, 3.8) is 0 Å². The molecule has 3 nitrogen and oxygen atoms in total. The van der Waals surface area contributed by atoms with Crippen molar-refractivity contribution in [3.05, 3.63) is 29.8 Å². The van der Waals surface area contributed by atoms with Gasteiger partial charge in [-0.2, -0.15) is 0 Å². The highest BCUT2D eigenvalue weighted by Gasteiger charge is 2.23. The summed E-state index contributed by atoms with van der Waals surface area (Å²) in [5.41, 5.74) is 0.930. The Morgan fingerprint density at radius 3 is 2.61 bits per heavy atom. The van der Waals surface area contributed by atoms with Gasteiger partial charge in [-0.1, -0.05) is 38.0 Å². The van der Waals surface area contributed by atoms with E-state index in [2.05, 4.69) is 6.92 Å². The van der Waals surface area contributed by atoms with Gasteiger partial charge in [0.25, 0.3) is 0 Å². The lowest BCUT2D eigenvalue weighted by Crippen LogP contribution is -2.15. The number of methoxy groups -OCH3 is 1. The zero-order valence-electron chi connectivity index (χ0n) is 11.4. The summed E-state index contributed by atoms with van der Waals surface area (Å²) in [5, 5.41) is 0. The summed E-state index contributed by atoms with van der Waals surface area (Å²) in [6.45, 7) is 4.65. The fourth-order valence-corrected chi connectivity index (χ4v) is 2.01. The van der Waals surface area contributed by atoms with E-state index in [1.165, 1.54) is 7.11 Å². The number of ether oxygens (including phenoxy) is 2. The van der Waals surface area contributed by atoms with Gasteiger partial charge in [-0.25, -0.2) is 0 Å². The minimum atomic E-state index is -0.224. The van der Waals surface area contributed by atoms with E-state index in [4.69, 9.17) is 9.47 Å². The molecule has 0 spiro atoms. The van der Waals surface area contributed by atoms with E-state index in [0.717, 1.165) is 30.6 Å². The number of hydrogen-bond donors (Lipinski definition) is 0. The van der Waals surface area contributed by atoms with Gasteiger partial charge in [-0.05, 0) is 19.4 Å². The van der Waals surface area contributed by atoms with Gasteiger partial charge in [-0.3, -0.25) is 4.79 Å². The number of esters is 1. The lowest BCUT2D eigenvalue weighted by atomic mass is 9.93. The number of para-hydroxylation sites is 1. The van der Waals surface area contributed by atoms with Crippen molar-refractivity contribution in [1.82, 2.24) is 0 Å². The minimum Gasteiger partial charge on any atom is -0.494 e. The van der Waals surface area contributed by atoms with Crippen LogP contribution in [0.4, 0.5) is 0 Å². The highest BCUT2D eigenvalue weighted by atomic mass is 16.5. The van der Waals surface area contributed by atoms with Crippen LogP contribution in [0.15, 0.2) is 24.3 Å². The maximum Gasteiger partial charge on any atom is 0.313 e. The van der Waals surface area contributed by atoms with Gasteiger partial charge in [0, 0.05) is 5.56 Å². The first-order valence-corrected chi connectivity index (χ1v) is 6.54. The molecule has 0 radical (unpaired) electrons. The van der Waals surface area contributed by atoms with Crippen molar-refractivity contribution in [2.24, 2.45) is 0 Å². The van der Waals surface area contributed by atoms with Crippen LogP contribution in [0.3, 0.4) is 0 Å². The number of unbranched alkanes of at least 4 members (excludes halogenated alkanes) is 1. The standard InChI is InChI=1S/C15H22O3/c1-4-6-9-13(15(16)17-3)12-10-7-8-11-14(12)18-5-2/h7-8,10-11,13H,4-6,9H2,1-3H3. The van der Waals surface area contributed by atoms with Crippen LogP contribution in [0.25, 0.3) is 0 Å². The third-order valence-electron chi connectivity index (χ3n) is 2.93. The lowest BCUT2D eigenvalue weighted by molar-refractivity contribution is -0.142. The lowest BCUT2D eigenvalue weighted by Gasteiger charge is -2.18. The molecule has 18 heavy (non-hydrogen) atoms. The van der Waals surface area contributed by atoms with E-state index in [0.29, 0.717) is 6.61 Å². The number of benzene rings is 1.